The molecule has 0 spiro atoms. The molecule has 2 aromatic carbocycles. The summed E-state index contributed by atoms with van der Waals surface area (Å²) < 4.78 is 5.09. The molecule has 0 bridgehead atoms. The average molecular weight is 392 g/mol. The molecular formula is C24H28N2O3. The van der Waals surface area contributed by atoms with Gasteiger partial charge in [-0.15, -0.1) is 0 Å². The Bertz CT molecular complexity index is 912. The molecule has 0 N–H and O–H groups in total. The van der Waals surface area contributed by atoms with E-state index in [0.29, 0.717) is 13.0 Å². The predicted octanol–water partition coefficient (Wildman–Crippen LogP) is 3.25. The highest BCUT2D eigenvalue weighted by Gasteiger charge is 2.50. The van der Waals surface area contributed by atoms with Crippen LogP contribution in [0.4, 0.5) is 0 Å². The van der Waals surface area contributed by atoms with Crippen molar-refractivity contribution in [2.24, 2.45) is 5.92 Å². The minimum Gasteiger partial charge on any atom is -0.469 e. The number of hydrogen-bond donors (Lipinski definition) is 0. The maximum atomic E-state index is 13.2. The Balaban J connectivity index is 1.59. The number of esters is 1. The van der Waals surface area contributed by atoms with Gasteiger partial charge in [0.1, 0.15) is 0 Å². The number of benzene rings is 2. The molecule has 3 atom stereocenters. The summed E-state index contributed by atoms with van der Waals surface area (Å²) in [5.74, 6) is -0.467. The maximum Gasteiger partial charge on any atom is 0.311 e. The lowest BCUT2D eigenvalue weighted by molar-refractivity contribution is -0.147. The lowest BCUT2D eigenvalue weighted by Crippen LogP contribution is -2.54. The van der Waals surface area contributed by atoms with Crippen molar-refractivity contribution in [2.75, 3.05) is 20.2 Å². The molecule has 29 heavy (non-hydrogen) atoms. The summed E-state index contributed by atoms with van der Waals surface area (Å²) in [6, 6.07) is 16.0. The fourth-order valence-corrected chi connectivity index (χ4v) is 4.88. The van der Waals surface area contributed by atoms with E-state index in [0.717, 1.165) is 18.7 Å². The molecule has 1 amide bonds. The highest BCUT2D eigenvalue weighted by molar-refractivity contribution is 5.83. The molecule has 0 unspecified atom stereocenters. The number of carbonyl (C=O) groups excluding carboxylic acids is 2. The lowest BCUT2D eigenvalue weighted by Gasteiger charge is -2.40. The highest BCUT2D eigenvalue weighted by atomic mass is 16.5. The molecule has 2 heterocycles. The molecule has 5 heteroatoms. The van der Waals surface area contributed by atoms with Crippen LogP contribution in [0.1, 0.15) is 34.7 Å². The first-order chi connectivity index (χ1) is 14.0. The Morgan fingerprint density at radius 1 is 1.10 bits per heavy atom. The van der Waals surface area contributed by atoms with Gasteiger partial charge in [-0.05, 0) is 42.5 Å². The minimum absolute atomic E-state index is 0.0238. The van der Waals surface area contributed by atoms with Gasteiger partial charge in [-0.25, -0.2) is 0 Å². The molecular weight excluding hydrogens is 364 g/mol. The average Bonchev–Trinajstić information content (AvgIpc) is 3.11. The number of nitrogens with zero attached hydrogens (tertiary/aromatic N) is 2. The third-order valence-electron chi connectivity index (χ3n) is 6.47. The van der Waals surface area contributed by atoms with E-state index in [-0.39, 0.29) is 29.9 Å². The first kappa shape index (κ1) is 19.6. The molecule has 2 fully saturated rings. The molecule has 0 aliphatic carbocycles. The van der Waals surface area contributed by atoms with Gasteiger partial charge in [0.15, 0.2) is 0 Å². The van der Waals surface area contributed by atoms with Crippen molar-refractivity contribution in [1.82, 2.24) is 9.80 Å². The second kappa shape index (κ2) is 7.99. The number of amides is 1. The van der Waals surface area contributed by atoms with E-state index in [1.54, 1.807) is 0 Å². The van der Waals surface area contributed by atoms with Crippen molar-refractivity contribution in [2.45, 2.75) is 38.9 Å². The number of piperazine rings is 1. The Labute approximate surface area is 172 Å². The Morgan fingerprint density at radius 3 is 2.59 bits per heavy atom. The van der Waals surface area contributed by atoms with Crippen molar-refractivity contribution >= 4 is 11.9 Å². The zero-order valence-electron chi connectivity index (χ0n) is 17.3. The van der Waals surface area contributed by atoms with Crippen LogP contribution in [-0.2, 0) is 20.9 Å². The number of methoxy groups -OCH3 is 1. The highest BCUT2D eigenvalue weighted by Crippen LogP contribution is 2.43. The van der Waals surface area contributed by atoms with Gasteiger partial charge in [-0.1, -0.05) is 48.5 Å². The fraction of sp³-hybridized carbons (Fsp3) is 0.417. The minimum atomic E-state index is -0.322. The summed E-state index contributed by atoms with van der Waals surface area (Å²) in [7, 11) is 1.43. The van der Waals surface area contributed by atoms with Gasteiger partial charge in [0.05, 0.1) is 25.6 Å². The van der Waals surface area contributed by atoms with Crippen LogP contribution in [0.25, 0.3) is 0 Å². The van der Waals surface area contributed by atoms with E-state index in [9.17, 15) is 9.59 Å². The topological polar surface area (TPSA) is 49.9 Å². The van der Waals surface area contributed by atoms with E-state index in [1.165, 1.54) is 23.8 Å². The molecule has 2 saturated heterocycles. The van der Waals surface area contributed by atoms with Crippen LogP contribution < -0.4 is 0 Å². The van der Waals surface area contributed by atoms with Crippen LogP contribution in [0.5, 0.6) is 0 Å². The Kier molecular flexibility index (Phi) is 5.41. The van der Waals surface area contributed by atoms with Crippen LogP contribution in [0.15, 0.2) is 48.5 Å². The lowest BCUT2D eigenvalue weighted by atomic mass is 9.93. The second-order valence-corrected chi connectivity index (χ2v) is 8.20. The van der Waals surface area contributed by atoms with Gasteiger partial charge in [-0.2, -0.15) is 0 Å². The molecule has 2 aromatic rings. The van der Waals surface area contributed by atoms with Gasteiger partial charge >= 0.3 is 5.97 Å². The van der Waals surface area contributed by atoms with E-state index in [2.05, 4.69) is 36.9 Å². The number of carbonyl (C=O) groups is 2. The smallest absolute Gasteiger partial charge is 0.311 e. The third-order valence-corrected chi connectivity index (χ3v) is 6.47. The van der Waals surface area contributed by atoms with Crippen LogP contribution in [0.3, 0.4) is 0 Å². The van der Waals surface area contributed by atoms with Crippen molar-refractivity contribution in [1.29, 1.82) is 0 Å². The molecule has 2 aliphatic rings. The number of fused-ring (bicyclic) bond motifs is 1. The first-order valence-corrected chi connectivity index (χ1v) is 10.2. The monoisotopic (exact) mass is 392 g/mol. The first-order valence-electron chi connectivity index (χ1n) is 10.2. The van der Waals surface area contributed by atoms with Crippen molar-refractivity contribution < 1.29 is 14.3 Å². The molecule has 152 valence electrons. The second-order valence-electron chi connectivity index (χ2n) is 8.20. The van der Waals surface area contributed by atoms with Gasteiger partial charge in [0.2, 0.25) is 5.91 Å². The predicted molar refractivity (Wildman–Crippen MR) is 111 cm³/mol. The van der Waals surface area contributed by atoms with E-state index in [1.807, 2.05) is 35.2 Å². The van der Waals surface area contributed by atoms with Gasteiger partial charge in [0, 0.05) is 19.1 Å². The maximum absolute atomic E-state index is 13.2. The summed E-state index contributed by atoms with van der Waals surface area (Å²) in [4.78, 5) is 29.9. The van der Waals surface area contributed by atoms with Crippen LogP contribution in [0.2, 0.25) is 0 Å². The number of hydrogen-bond acceptors (Lipinski definition) is 4. The Morgan fingerprint density at radius 2 is 1.86 bits per heavy atom. The van der Waals surface area contributed by atoms with Gasteiger partial charge in [0.25, 0.3) is 0 Å². The van der Waals surface area contributed by atoms with Crippen LogP contribution in [-0.4, -0.2) is 47.9 Å². The molecule has 2 aliphatic heterocycles. The Hall–Kier alpha value is -2.66. The van der Waals surface area contributed by atoms with Crippen molar-refractivity contribution in [3.05, 3.63) is 70.8 Å². The normalized spacial score (nSPS) is 24.4. The quantitative estimate of drug-likeness (QED) is 0.750. The molecule has 4 rings (SSSR count). The SMILES string of the molecule is COC(=O)[C@H]1C[C@H]2CN(Cc3cccc(C)c3C)CC(=O)N2[C@H]1c1ccccc1. The zero-order chi connectivity index (χ0) is 20.5. The summed E-state index contributed by atoms with van der Waals surface area (Å²) in [5, 5.41) is 0. The van der Waals surface area contributed by atoms with Crippen molar-refractivity contribution in [3.63, 3.8) is 0 Å². The summed E-state index contributed by atoms with van der Waals surface area (Å²) in [5.41, 5.74) is 4.81. The molecule has 0 aromatic heterocycles. The van der Waals surface area contributed by atoms with Gasteiger partial charge < -0.3 is 9.64 Å². The van der Waals surface area contributed by atoms with E-state index in [4.69, 9.17) is 4.74 Å². The largest absolute Gasteiger partial charge is 0.469 e. The van der Waals surface area contributed by atoms with Gasteiger partial charge in [-0.3, -0.25) is 14.5 Å². The number of rotatable bonds is 4. The standard InChI is InChI=1S/C24H28N2O3/c1-16-8-7-11-19(17(16)2)13-25-14-20-12-21(24(28)29-3)23(26(20)22(27)15-25)18-9-5-4-6-10-18/h4-11,20-21,23H,12-15H2,1-3H3/t20-,21-,23-/m0/s1. The molecule has 5 nitrogen and oxygen atoms in total. The third kappa shape index (κ3) is 3.67. The zero-order valence-corrected chi connectivity index (χ0v) is 17.3. The van der Waals surface area contributed by atoms with Crippen molar-refractivity contribution in [3.8, 4) is 0 Å². The summed E-state index contributed by atoms with van der Waals surface area (Å²) in [6.45, 7) is 6.15. The van der Waals surface area contributed by atoms with E-state index >= 15 is 0 Å². The fourth-order valence-electron chi connectivity index (χ4n) is 4.88. The molecule has 0 saturated carbocycles. The molecule has 0 radical (unpaired) electrons. The van der Waals surface area contributed by atoms with Crippen LogP contribution >= 0.6 is 0 Å². The summed E-state index contributed by atoms with van der Waals surface area (Å²) in [6.07, 6.45) is 0.640. The number of ether oxygens (including phenoxy) is 1. The van der Waals surface area contributed by atoms with E-state index < -0.39 is 0 Å². The summed E-state index contributed by atoms with van der Waals surface area (Å²) >= 11 is 0. The van der Waals surface area contributed by atoms with Crippen LogP contribution in [0, 0.1) is 19.8 Å². The number of aryl methyl sites for hydroxylation is 1.